The number of nitrogens with one attached hydrogen (secondary N) is 1. The van der Waals surface area contributed by atoms with Gasteiger partial charge < -0.3 is 15.0 Å². The second-order valence-corrected chi connectivity index (χ2v) is 9.10. The Kier molecular flexibility index (Phi) is 5.81. The van der Waals surface area contributed by atoms with Crippen molar-refractivity contribution in [3.05, 3.63) is 29.3 Å². The second-order valence-electron chi connectivity index (χ2n) is 9.10. The predicted octanol–water partition coefficient (Wildman–Crippen LogP) is 2.63. The Bertz CT molecular complexity index is 765. The Morgan fingerprint density at radius 1 is 1.21 bits per heavy atom. The molecule has 0 aromatic heterocycles. The highest BCUT2D eigenvalue weighted by Gasteiger charge is 2.41. The van der Waals surface area contributed by atoms with Crippen LogP contribution in [0.4, 0.5) is 0 Å². The van der Waals surface area contributed by atoms with Crippen LogP contribution < -0.4 is 10.1 Å². The number of hydrogen-bond donors (Lipinski definition) is 1. The number of carbonyl (C=O) groups excluding carboxylic acids is 2. The third kappa shape index (κ3) is 4.74. The van der Waals surface area contributed by atoms with Crippen molar-refractivity contribution in [2.24, 2.45) is 0 Å². The lowest BCUT2D eigenvalue weighted by Crippen LogP contribution is -2.55. The first-order valence-corrected chi connectivity index (χ1v) is 11.0. The van der Waals surface area contributed by atoms with Crippen LogP contribution in [-0.4, -0.2) is 59.4 Å². The summed E-state index contributed by atoms with van der Waals surface area (Å²) in [5.41, 5.74) is 1.88. The lowest BCUT2D eigenvalue weighted by molar-refractivity contribution is -0.133. The summed E-state index contributed by atoms with van der Waals surface area (Å²) in [5, 5.41) is 3.18. The molecule has 2 aliphatic heterocycles. The molecule has 0 bridgehead atoms. The zero-order valence-corrected chi connectivity index (χ0v) is 17.7. The van der Waals surface area contributed by atoms with Gasteiger partial charge >= 0.3 is 0 Å². The van der Waals surface area contributed by atoms with E-state index in [9.17, 15) is 9.59 Å². The smallest absolute Gasteiger partial charge is 0.234 e. The number of piperidine rings is 1. The van der Waals surface area contributed by atoms with Crippen LogP contribution in [0.1, 0.15) is 56.6 Å². The lowest BCUT2D eigenvalue weighted by Gasteiger charge is -2.42. The van der Waals surface area contributed by atoms with E-state index in [2.05, 4.69) is 29.3 Å². The Morgan fingerprint density at radius 3 is 2.62 bits per heavy atom. The van der Waals surface area contributed by atoms with Crippen LogP contribution in [-0.2, 0) is 16.1 Å². The van der Waals surface area contributed by atoms with Crippen molar-refractivity contribution < 1.29 is 14.3 Å². The molecule has 2 heterocycles. The van der Waals surface area contributed by atoms with Gasteiger partial charge in [-0.05, 0) is 25.8 Å². The van der Waals surface area contributed by atoms with E-state index in [0.29, 0.717) is 25.7 Å². The van der Waals surface area contributed by atoms with Gasteiger partial charge in [-0.15, -0.1) is 0 Å². The van der Waals surface area contributed by atoms with E-state index >= 15 is 0 Å². The molecule has 29 heavy (non-hydrogen) atoms. The molecule has 2 fully saturated rings. The number of nitrogens with zero attached hydrogens (tertiary/aromatic N) is 2. The molecule has 158 valence electrons. The van der Waals surface area contributed by atoms with Crippen LogP contribution in [0.2, 0.25) is 0 Å². The van der Waals surface area contributed by atoms with Crippen LogP contribution in [0.25, 0.3) is 0 Å². The van der Waals surface area contributed by atoms with E-state index in [-0.39, 0.29) is 17.4 Å². The lowest BCUT2D eigenvalue weighted by atomic mass is 9.90. The number of amides is 2. The molecule has 4 rings (SSSR count). The molecule has 1 aliphatic carbocycles. The highest BCUT2D eigenvalue weighted by atomic mass is 16.5. The van der Waals surface area contributed by atoms with Crippen molar-refractivity contribution in [2.75, 3.05) is 26.2 Å². The minimum absolute atomic E-state index is 0.0840. The van der Waals surface area contributed by atoms with E-state index in [1.165, 1.54) is 18.4 Å². The van der Waals surface area contributed by atoms with Crippen molar-refractivity contribution >= 4 is 11.8 Å². The van der Waals surface area contributed by atoms with Gasteiger partial charge in [0, 0.05) is 51.0 Å². The van der Waals surface area contributed by atoms with Crippen LogP contribution in [0.15, 0.2) is 18.2 Å². The largest absolute Gasteiger partial charge is 0.485 e. The minimum Gasteiger partial charge on any atom is -0.485 e. The molecule has 1 saturated heterocycles. The fourth-order valence-electron chi connectivity index (χ4n) is 4.95. The summed E-state index contributed by atoms with van der Waals surface area (Å²) in [7, 11) is 0. The number of benzene rings is 1. The topological polar surface area (TPSA) is 61.9 Å². The second kappa shape index (κ2) is 8.34. The van der Waals surface area contributed by atoms with Crippen molar-refractivity contribution in [3.63, 3.8) is 0 Å². The minimum atomic E-state index is -0.370. The quantitative estimate of drug-likeness (QED) is 0.849. The molecule has 1 aromatic rings. The van der Waals surface area contributed by atoms with Gasteiger partial charge in [-0.3, -0.25) is 14.5 Å². The van der Waals surface area contributed by atoms with Gasteiger partial charge in [0.05, 0.1) is 13.1 Å². The van der Waals surface area contributed by atoms with Gasteiger partial charge in [0.25, 0.3) is 0 Å². The summed E-state index contributed by atoms with van der Waals surface area (Å²) in [4.78, 5) is 28.8. The summed E-state index contributed by atoms with van der Waals surface area (Å²) >= 11 is 0. The zero-order valence-electron chi connectivity index (χ0n) is 17.7. The van der Waals surface area contributed by atoms with Gasteiger partial charge in [0.1, 0.15) is 11.4 Å². The molecule has 1 N–H and O–H groups in total. The summed E-state index contributed by atoms with van der Waals surface area (Å²) in [6.07, 6.45) is 6.32. The highest BCUT2D eigenvalue weighted by Crippen LogP contribution is 2.36. The monoisotopic (exact) mass is 399 g/mol. The molecule has 1 spiro atoms. The Hall–Kier alpha value is -2.08. The first-order chi connectivity index (χ1) is 13.9. The van der Waals surface area contributed by atoms with Crippen LogP contribution in [0, 0.1) is 6.92 Å². The first kappa shape index (κ1) is 20.2. The Labute approximate surface area is 173 Å². The predicted molar refractivity (Wildman–Crippen MR) is 112 cm³/mol. The molecule has 1 aromatic carbocycles. The van der Waals surface area contributed by atoms with E-state index in [0.717, 1.165) is 50.1 Å². The number of fused-ring (bicyclic) bond motifs is 1. The van der Waals surface area contributed by atoms with Crippen LogP contribution in [0.3, 0.4) is 0 Å². The van der Waals surface area contributed by atoms with E-state index in [1.54, 1.807) is 6.92 Å². The molecular weight excluding hydrogens is 366 g/mol. The van der Waals surface area contributed by atoms with Gasteiger partial charge in [-0.1, -0.05) is 30.5 Å². The number of rotatable bonds is 3. The standard InChI is InChI=1S/C23H33N3O3/c1-17-7-8-21-19(13-17)14-26(18(2)27)16-23(29-21)9-11-25(12-10-23)15-22(28)24-20-5-3-4-6-20/h7-8,13,20H,3-6,9-12,14-16H2,1-2H3,(H,24,28). The fourth-order valence-corrected chi connectivity index (χ4v) is 4.95. The summed E-state index contributed by atoms with van der Waals surface area (Å²) in [5.74, 6) is 1.12. The highest BCUT2D eigenvalue weighted by molar-refractivity contribution is 5.78. The Balaban J connectivity index is 1.41. The van der Waals surface area contributed by atoms with Crippen molar-refractivity contribution in [2.45, 2.75) is 70.6 Å². The molecular formula is C23H33N3O3. The van der Waals surface area contributed by atoms with Crippen LogP contribution in [0.5, 0.6) is 5.75 Å². The molecule has 0 radical (unpaired) electrons. The van der Waals surface area contributed by atoms with Crippen molar-refractivity contribution in [1.82, 2.24) is 15.1 Å². The molecule has 6 heteroatoms. The van der Waals surface area contributed by atoms with E-state index in [4.69, 9.17) is 4.74 Å². The molecule has 0 unspecified atom stereocenters. The Morgan fingerprint density at radius 2 is 1.93 bits per heavy atom. The molecule has 2 amide bonds. The molecule has 6 nitrogen and oxygen atoms in total. The third-order valence-electron chi connectivity index (χ3n) is 6.68. The number of carbonyl (C=O) groups is 2. The average molecular weight is 400 g/mol. The SMILES string of the molecule is CC(=O)N1Cc2cc(C)ccc2OC2(CCN(CC(=O)NC3CCCC3)CC2)C1. The maximum atomic E-state index is 12.4. The third-order valence-corrected chi connectivity index (χ3v) is 6.68. The normalized spacial score (nSPS) is 22.1. The zero-order chi connectivity index (χ0) is 20.4. The average Bonchev–Trinajstić information content (AvgIpc) is 3.12. The fraction of sp³-hybridized carbons (Fsp3) is 0.652. The van der Waals surface area contributed by atoms with E-state index in [1.807, 2.05) is 11.0 Å². The summed E-state index contributed by atoms with van der Waals surface area (Å²) < 4.78 is 6.56. The van der Waals surface area contributed by atoms with Gasteiger partial charge in [0.15, 0.2) is 0 Å². The van der Waals surface area contributed by atoms with Gasteiger partial charge in [-0.25, -0.2) is 0 Å². The molecule has 3 aliphatic rings. The van der Waals surface area contributed by atoms with Gasteiger partial charge in [0.2, 0.25) is 11.8 Å². The first-order valence-electron chi connectivity index (χ1n) is 11.0. The van der Waals surface area contributed by atoms with E-state index < -0.39 is 0 Å². The summed E-state index contributed by atoms with van der Waals surface area (Å²) in [6, 6.07) is 6.59. The summed E-state index contributed by atoms with van der Waals surface area (Å²) in [6.45, 7) is 6.99. The molecule has 1 saturated carbocycles. The van der Waals surface area contributed by atoms with Crippen molar-refractivity contribution in [3.8, 4) is 5.75 Å². The number of ether oxygens (including phenoxy) is 1. The van der Waals surface area contributed by atoms with Crippen molar-refractivity contribution in [1.29, 1.82) is 0 Å². The molecule has 0 atom stereocenters. The maximum Gasteiger partial charge on any atom is 0.234 e. The number of hydrogen-bond acceptors (Lipinski definition) is 4. The van der Waals surface area contributed by atoms with Crippen LogP contribution >= 0.6 is 0 Å². The maximum absolute atomic E-state index is 12.4. The number of aryl methyl sites for hydroxylation is 1. The number of likely N-dealkylation sites (tertiary alicyclic amines) is 1. The van der Waals surface area contributed by atoms with Gasteiger partial charge in [-0.2, -0.15) is 0 Å².